The highest BCUT2D eigenvalue weighted by atomic mass is 32.2. The molecule has 0 aliphatic carbocycles. The van der Waals surface area contributed by atoms with Gasteiger partial charge in [0.2, 0.25) is 0 Å². The van der Waals surface area contributed by atoms with Crippen molar-refractivity contribution in [2.75, 3.05) is 44.3 Å². The van der Waals surface area contributed by atoms with Crippen molar-refractivity contribution in [3.63, 3.8) is 0 Å². The molecule has 1 amide bonds. The molecule has 0 bridgehead atoms. The van der Waals surface area contributed by atoms with E-state index >= 15 is 0 Å². The molecular weight excluding hydrogens is 384 g/mol. The van der Waals surface area contributed by atoms with Crippen LogP contribution >= 0.6 is 11.8 Å². The standard InChI is InChI=1S/C22H28N4O2S/c1-16-17(2)23-22(24-20(16)25-9-3-4-10-25)29-15-18-5-7-19(8-6-18)21(27)26-11-13-28-14-12-26/h5-8H,3-4,9-15H2,1-2H3. The number of thioether (sulfide) groups is 1. The van der Waals surface area contributed by atoms with Crippen molar-refractivity contribution in [2.45, 2.75) is 37.6 Å². The van der Waals surface area contributed by atoms with Crippen LogP contribution in [0.25, 0.3) is 0 Å². The summed E-state index contributed by atoms with van der Waals surface area (Å²) < 4.78 is 5.32. The summed E-state index contributed by atoms with van der Waals surface area (Å²) in [5, 5.41) is 0.823. The van der Waals surface area contributed by atoms with E-state index in [0.717, 1.165) is 46.6 Å². The van der Waals surface area contributed by atoms with Crippen molar-refractivity contribution in [3.05, 3.63) is 46.6 Å². The van der Waals surface area contributed by atoms with Crippen LogP contribution < -0.4 is 4.90 Å². The number of anilines is 1. The number of ether oxygens (including phenoxy) is 1. The molecule has 6 nitrogen and oxygen atoms in total. The number of hydrogen-bond donors (Lipinski definition) is 0. The van der Waals surface area contributed by atoms with Crippen LogP contribution in [0.5, 0.6) is 0 Å². The largest absolute Gasteiger partial charge is 0.378 e. The van der Waals surface area contributed by atoms with Crippen LogP contribution in [0.4, 0.5) is 5.82 Å². The number of morpholine rings is 1. The first-order valence-electron chi connectivity index (χ1n) is 10.3. The Labute approximate surface area is 176 Å². The Morgan fingerprint density at radius 1 is 1.03 bits per heavy atom. The number of benzene rings is 1. The fourth-order valence-electron chi connectivity index (χ4n) is 3.73. The monoisotopic (exact) mass is 412 g/mol. The Morgan fingerprint density at radius 2 is 1.72 bits per heavy atom. The molecule has 2 saturated heterocycles. The summed E-state index contributed by atoms with van der Waals surface area (Å²) in [6.07, 6.45) is 2.47. The number of rotatable bonds is 5. The molecule has 0 radical (unpaired) electrons. The van der Waals surface area contributed by atoms with Gasteiger partial charge in [0.25, 0.3) is 5.91 Å². The van der Waals surface area contributed by atoms with E-state index in [2.05, 4.69) is 23.7 Å². The van der Waals surface area contributed by atoms with Gasteiger partial charge in [0.05, 0.1) is 13.2 Å². The maximum atomic E-state index is 12.6. The van der Waals surface area contributed by atoms with E-state index < -0.39 is 0 Å². The van der Waals surface area contributed by atoms with Gasteiger partial charge in [0, 0.05) is 48.8 Å². The Bertz CT molecular complexity index is 860. The number of aryl methyl sites for hydroxylation is 1. The smallest absolute Gasteiger partial charge is 0.254 e. The highest BCUT2D eigenvalue weighted by Gasteiger charge is 2.20. The van der Waals surface area contributed by atoms with E-state index in [4.69, 9.17) is 9.72 Å². The molecule has 2 fully saturated rings. The average molecular weight is 413 g/mol. The van der Waals surface area contributed by atoms with Crippen molar-refractivity contribution < 1.29 is 9.53 Å². The molecule has 0 unspecified atom stereocenters. The van der Waals surface area contributed by atoms with Crippen LogP contribution in [0.3, 0.4) is 0 Å². The second kappa shape index (κ2) is 9.13. The first kappa shape index (κ1) is 20.2. The zero-order valence-corrected chi connectivity index (χ0v) is 18.0. The van der Waals surface area contributed by atoms with Crippen LogP contribution in [0.1, 0.15) is 40.0 Å². The van der Waals surface area contributed by atoms with E-state index in [1.807, 2.05) is 29.2 Å². The van der Waals surface area contributed by atoms with E-state index in [0.29, 0.717) is 26.3 Å². The van der Waals surface area contributed by atoms with Gasteiger partial charge in [-0.1, -0.05) is 23.9 Å². The molecule has 0 saturated carbocycles. The molecule has 7 heteroatoms. The van der Waals surface area contributed by atoms with E-state index in [1.54, 1.807) is 11.8 Å². The molecule has 2 aliphatic heterocycles. The Hall–Kier alpha value is -2.12. The minimum absolute atomic E-state index is 0.0836. The van der Waals surface area contributed by atoms with Crippen molar-refractivity contribution >= 4 is 23.5 Å². The van der Waals surface area contributed by atoms with Gasteiger partial charge in [-0.3, -0.25) is 4.79 Å². The lowest BCUT2D eigenvalue weighted by Gasteiger charge is -2.26. The number of amides is 1. The summed E-state index contributed by atoms with van der Waals surface area (Å²) in [5.41, 5.74) is 4.13. The molecule has 29 heavy (non-hydrogen) atoms. The number of nitrogens with zero attached hydrogens (tertiary/aromatic N) is 4. The molecule has 0 atom stereocenters. The van der Waals surface area contributed by atoms with Crippen LogP contribution in [-0.2, 0) is 10.5 Å². The van der Waals surface area contributed by atoms with Crippen molar-refractivity contribution in [1.82, 2.24) is 14.9 Å². The van der Waals surface area contributed by atoms with Crippen molar-refractivity contribution in [1.29, 1.82) is 0 Å². The summed E-state index contributed by atoms with van der Waals surface area (Å²) in [4.78, 5) is 26.3. The number of hydrogen-bond acceptors (Lipinski definition) is 6. The summed E-state index contributed by atoms with van der Waals surface area (Å²) >= 11 is 1.65. The summed E-state index contributed by atoms with van der Waals surface area (Å²) in [6.45, 7) is 8.92. The van der Waals surface area contributed by atoms with Gasteiger partial charge in [-0.05, 0) is 44.4 Å². The van der Waals surface area contributed by atoms with E-state index in [1.165, 1.54) is 18.4 Å². The fraction of sp³-hybridized carbons (Fsp3) is 0.500. The maximum Gasteiger partial charge on any atom is 0.254 e. The molecule has 0 spiro atoms. The molecular formula is C22H28N4O2S. The Kier molecular flexibility index (Phi) is 6.35. The molecule has 154 valence electrons. The lowest BCUT2D eigenvalue weighted by molar-refractivity contribution is 0.0303. The predicted molar refractivity (Wildman–Crippen MR) is 116 cm³/mol. The fourth-order valence-corrected chi connectivity index (χ4v) is 4.57. The van der Waals surface area contributed by atoms with Crippen LogP contribution in [0.2, 0.25) is 0 Å². The zero-order chi connectivity index (χ0) is 20.2. The van der Waals surface area contributed by atoms with Crippen molar-refractivity contribution in [2.24, 2.45) is 0 Å². The third-order valence-electron chi connectivity index (χ3n) is 5.62. The summed E-state index contributed by atoms with van der Waals surface area (Å²) in [6, 6.07) is 7.90. The van der Waals surface area contributed by atoms with Gasteiger partial charge in [0.1, 0.15) is 5.82 Å². The Morgan fingerprint density at radius 3 is 2.41 bits per heavy atom. The van der Waals surface area contributed by atoms with Gasteiger partial charge < -0.3 is 14.5 Å². The highest BCUT2D eigenvalue weighted by molar-refractivity contribution is 7.98. The topological polar surface area (TPSA) is 58.6 Å². The minimum atomic E-state index is 0.0836. The zero-order valence-electron chi connectivity index (χ0n) is 17.2. The molecule has 0 N–H and O–H groups in total. The molecule has 1 aromatic heterocycles. The second-order valence-electron chi connectivity index (χ2n) is 7.62. The number of carbonyl (C=O) groups excluding carboxylic acids is 1. The lowest BCUT2D eigenvalue weighted by atomic mass is 10.1. The second-order valence-corrected chi connectivity index (χ2v) is 8.57. The molecule has 2 aliphatic rings. The van der Waals surface area contributed by atoms with Crippen LogP contribution in [0, 0.1) is 13.8 Å². The average Bonchev–Trinajstić information content (AvgIpc) is 3.29. The maximum absolute atomic E-state index is 12.6. The SMILES string of the molecule is Cc1nc(SCc2ccc(C(=O)N3CCOCC3)cc2)nc(N2CCCC2)c1C. The highest BCUT2D eigenvalue weighted by Crippen LogP contribution is 2.28. The summed E-state index contributed by atoms with van der Waals surface area (Å²) in [7, 11) is 0. The summed E-state index contributed by atoms with van der Waals surface area (Å²) in [5.74, 6) is 1.96. The third kappa shape index (κ3) is 4.73. The number of carbonyl (C=O) groups is 1. The molecule has 2 aromatic rings. The van der Waals surface area contributed by atoms with Crippen LogP contribution in [0.15, 0.2) is 29.4 Å². The molecule has 4 rings (SSSR count). The van der Waals surface area contributed by atoms with Gasteiger partial charge in [-0.15, -0.1) is 0 Å². The van der Waals surface area contributed by atoms with Crippen molar-refractivity contribution in [3.8, 4) is 0 Å². The quantitative estimate of drug-likeness (QED) is 0.554. The predicted octanol–water partition coefficient (Wildman–Crippen LogP) is 3.46. The van der Waals surface area contributed by atoms with Gasteiger partial charge in [-0.2, -0.15) is 0 Å². The Balaban J connectivity index is 1.40. The van der Waals surface area contributed by atoms with Gasteiger partial charge in [0.15, 0.2) is 5.16 Å². The minimum Gasteiger partial charge on any atom is -0.378 e. The number of aromatic nitrogens is 2. The van der Waals surface area contributed by atoms with Crippen LogP contribution in [-0.4, -0.2) is 60.2 Å². The van der Waals surface area contributed by atoms with E-state index in [-0.39, 0.29) is 5.91 Å². The normalized spacial score (nSPS) is 17.0. The third-order valence-corrected chi connectivity index (χ3v) is 6.53. The van der Waals surface area contributed by atoms with Gasteiger partial charge >= 0.3 is 0 Å². The van der Waals surface area contributed by atoms with E-state index in [9.17, 15) is 4.79 Å². The lowest BCUT2D eigenvalue weighted by Crippen LogP contribution is -2.40. The first-order chi connectivity index (χ1) is 14.1. The van der Waals surface area contributed by atoms with Gasteiger partial charge in [-0.25, -0.2) is 9.97 Å². The molecule has 1 aromatic carbocycles. The first-order valence-corrected chi connectivity index (χ1v) is 11.3. The molecule has 3 heterocycles.